The van der Waals surface area contributed by atoms with Crippen LogP contribution in [-0.4, -0.2) is 16.0 Å². The maximum Gasteiger partial charge on any atom is 0.137 e. The van der Waals surface area contributed by atoms with Crippen molar-refractivity contribution < 1.29 is 0 Å². The Morgan fingerprint density at radius 1 is 1.29 bits per heavy atom. The van der Waals surface area contributed by atoms with E-state index in [4.69, 9.17) is 11.6 Å². The van der Waals surface area contributed by atoms with Crippen LogP contribution >= 0.6 is 11.6 Å². The van der Waals surface area contributed by atoms with E-state index in [-0.39, 0.29) is 0 Å². The predicted molar refractivity (Wildman–Crippen MR) is 71.0 cm³/mol. The van der Waals surface area contributed by atoms with Crippen molar-refractivity contribution in [2.75, 3.05) is 0 Å². The Morgan fingerprint density at radius 2 is 2.00 bits per heavy atom. The molecule has 0 aliphatic heterocycles. The molecule has 0 amide bonds. The Kier molecular flexibility index (Phi) is 3.82. The summed E-state index contributed by atoms with van der Waals surface area (Å²) >= 11 is 5.85. The van der Waals surface area contributed by atoms with Gasteiger partial charge in [0, 0.05) is 35.1 Å². The van der Waals surface area contributed by atoms with E-state index in [1.54, 1.807) is 0 Å². The summed E-state index contributed by atoms with van der Waals surface area (Å²) in [5.74, 6) is 0.877. The molecule has 0 bridgehead atoms. The van der Waals surface area contributed by atoms with Crippen LogP contribution in [0.2, 0.25) is 5.02 Å². The monoisotopic (exact) mass is 249 g/mol. The lowest BCUT2D eigenvalue weighted by Crippen LogP contribution is -2.21. The van der Waals surface area contributed by atoms with Crippen LogP contribution in [-0.2, 0) is 6.54 Å². The Labute approximate surface area is 106 Å². The first-order valence-corrected chi connectivity index (χ1v) is 6.06. The molecule has 0 aliphatic carbocycles. The SMILES string of the molecule is CC(C)NCc1cnc(-c2ccc(Cl)cc2)[nH]1. The fourth-order valence-corrected chi connectivity index (χ4v) is 1.64. The quantitative estimate of drug-likeness (QED) is 0.874. The molecule has 0 atom stereocenters. The molecule has 1 aromatic carbocycles. The topological polar surface area (TPSA) is 40.7 Å². The Hall–Kier alpha value is -1.32. The van der Waals surface area contributed by atoms with Crippen LogP contribution in [0.1, 0.15) is 19.5 Å². The first-order chi connectivity index (χ1) is 8.15. The summed E-state index contributed by atoms with van der Waals surface area (Å²) in [6.07, 6.45) is 1.86. The predicted octanol–water partition coefficient (Wildman–Crippen LogP) is 3.23. The summed E-state index contributed by atoms with van der Waals surface area (Å²) in [7, 11) is 0. The molecule has 0 radical (unpaired) electrons. The molecule has 1 aromatic heterocycles. The van der Waals surface area contributed by atoms with Gasteiger partial charge in [0.1, 0.15) is 5.82 Å². The zero-order valence-corrected chi connectivity index (χ0v) is 10.8. The van der Waals surface area contributed by atoms with Crippen molar-refractivity contribution >= 4 is 11.6 Å². The molecule has 2 rings (SSSR count). The van der Waals surface area contributed by atoms with E-state index in [0.29, 0.717) is 6.04 Å². The first kappa shape index (κ1) is 12.1. The Bertz CT molecular complexity index is 474. The highest BCUT2D eigenvalue weighted by molar-refractivity contribution is 6.30. The molecule has 0 fully saturated rings. The van der Waals surface area contributed by atoms with Crippen molar-refractivity contribution in [2.24, 2.45) is 0 Å². The van der Waals surface area contributed by atoms with Crippen molar-refractivity contribution in [3.8, 4) is 11.4 Å². The number of hydrogen-bond acceptors (Lipinski definition) is 2. The van der Waals surface area contributed by atoms with Gasteiger partial charge in [0.15, 0.2) is 0 Å². The third kappa shape index (κ3) is 3.32. The van der Waals surface area contributed by atoms with E-state index in [2.05, 4.69) is 29.1 Å². The zero-order valence-electron chi connectivity index (χ0n) is 10.00. The number of nitrogens with one attached hydrogen (secondary N) is 2. The van der Waals surface area contributed by atoms with Crippen molar-refractivity contribution in [1.82, 2.24) is 15.3 Å². The van der Waals surface area contributed by atoms with E-state index in [1.165, 1.54) is 0 Å². The number of benzene rings is 1. The van der Waals surface area contributed by atoms with Crippen molar-refractivity contribution in [2.45, 2.75) is 26.4 Å². The third-order valence-corrected chi connectivity index (χ3v) is 2.70. The molecule has 0 unspecified atom stereocenters. The second-order valence-corrected chi connectivity index (χ2v) is 4.74. The summed E-state index contributed by atoms with van der Waals surface area (Å²) in [5, 5.41) is 4.08. The van der Waals surface area contributed by atoms with Crippen molar-refractivity contribution in [3.05, 3.63) is 41.2 Å². The largest absolute Gasteiger partial charge is 0.341 e. The molecule has 1 heterocycles. The highest BCUT2D eigenvalue weighted by atomic mass is 35.5. The van der Waals surface area contributed by atoms with Gasteiger partial charge < -0.3 is 10.3 Å². The third-order valence-electron chi connectivity index (χ3n) is 2.45. The lowest BCUT2D eigenvalue weighted by Gasteiger charge is -2.05. The van der Waals surface area contributed by atoms with E-state index < -0.39 is 0 Å². The number of H-pyrrole nitrogens is 1. The summed E-state index contributed by atoms with van der Waals surface area (Å²) in [6.45, 7) is 5.05. The van der Waals surface area contributed by atoms with Crippen LogP contribution in [0.5, 0.6) is 0 Å². The highest BCUT2D eigenvalue weighted by Crippen LogP contribution is 2.18. The second-order valence-electron chi connectivity index (χ2n) is 4.30. The van der Waals surface area contributed by atoms with Gasteiger partial charge in [0.05, 0.1) is 0 Å². The van der Waals surface area contributed by atoms with E-state index in [1.807, 2.05) is 30.5 Å². The van der Waals surface area contributed by atoms with Gasteiger partial charge in [-0.15, -0.1) is 0 Å². The molecule has 0 aliphatic rings. The van der Waals surface area contributed by atoms with Crippen LogP contribution in [0.15, 0.2) is 30.5 Å². The maximum absolute atomic E-state index is 5.85. The van der Waals surface area contributed by atoms with Crippen molar-refractivity contribution in [3.63, 3.8) is 0 Å². The molecule has 17 heavy (non-hydrogen) atoms. The fourth-order valence-electron chi connectivity index (χ4n) is 1.52. The van der Waals surface area contributed by atoms with E-state index in [0.717, 1.165) is 28.6 Å². The Balaban J connectivity index is 2.10. The minimum absolute atomic E-state index is 0.470. The number of hydrogen-bond donors (Lipinski definition) is 2. The van der Waals surface area contributed by atoms with Crippen LogP contribution in [0, 0.1) is 0 Å². The number of aromatic amines is 1. The minimum atomic E-state index is 0.470. The lowest BCUT2D eigenvalue weighted by atomic mass is 10.2. The molecule has 4 heteroatoms. The number of imidazole rings is 1. The van der Waals surface area contributed by atoms with E-state index in [9.17, 15) is 0 Å². The fraction of sp³-hybridized carbons (Fsp3) is 0.308. The van der Waals surface area contributed by atoms with Crippen molar-refractivity contribution in [1.29, 1.82) is 0 Å². The van der Waals surface area contributed by atoms with Gasteiger partial charge in [0.25, 0.3) is 0 Å². The molecule has 3 nitrogen and oxygen atoms in total. The summed E-state index contributed by atoms with van der Waals surface area (Å²) in [5.41, 5.74) is 2.13. The number of nitrogens with zero attached hydrogens (tertiary/aromatic N) is 1. The van der Waals surface area contributed by atoms with Crippen LogP contribution in [0.25, 0.3) is 11.4 Å². The van der Waals surface area contributed by atoms with Crippen LogP contribution < -0.4 is 5.32 Å². The number of halogens is 1. The molecule has 2 N–H and O–H groups in total. The minimum Gasteiger partial charge on any atom is -0.341 e. The summed E-state index contributed by atoms with van der Waals surface area (Å²) in [4.78, 5) is 7.64. The average Bonchev–Trinajstić information content (AvgIpc) is 2.76. The molecule has 0 saturated heterocycles. The van der Waals surface area contributed by atoms with Gasteiger partial charge in [-0.1, -0.05) is 25.4 Å². The van der Waals surface area contributed by atoms with Crippen LogP contribution in [0.3, 0.4) is 0 Å². The zero-order chi connectivity index (χ0) is 12.3. The highest BCUT2D eigenvalue weighted by Gasteiger charge is 2.03. The molecule has 90 valence electrons. The van der Waals surface area contributed by atoms with Gasteiger partial charge in [-0.25, -0.2) is 4.98 Å². The standard InChI is InChI=1S/C13H16ClN3/c1-9(2)15-7-12-8-16-13(17-12)10-3-5-11(14)6-4-10/h3-6,8-9,15H,7H2,1-2H3,(H,16,17). The Morgan fingerprint density at radius 3 is 2.65 bits per heavy atom. The van der Waals surface area contributed by atoms with Gasteiger partial charge >= 0.3 is 0 Å². The molecular formula is C13H16ClN3. The van der Waals surface area contributed by atoms with Gasteiger partial charge in [0.2, 0.25) is 0 Å². The molecule has 0 saturated carbocycles. The van der Waals surface area contributed by atoms with Gasteiger partial charge in [-0.3, -0.25) is 0 Å². The van der Waals surface area contributed by atoms with Crippen LogP contribution in [0.4, 0.5) is 0 Å². The molecule has 0 spiro atoms. The lowest BCUT2D eigenvalue weighted by molar-refractivity contribution is 0.583. The maximum atomic E-state index is 5.85. The summed E-state index contributed by atoms with van der Waals surface area (Å²) < 4.78 is 0. The number of rotatable bonds is 4. The van der Waals surface area contributed by atoms with Gasteiger partial charge in [-0.2, -0.15) is 0 Å². The van der Waals surface area contributed by atoms with E-state index >= 15 is 0 Å². The van der Waals surface area contributed by atoms with Gasteiger partial charge in [-0.05, 0) is 24.3 Å². The molecule has 2 aromatic rings. The normalized spacial score (nSPS) is 11.1. The summed E-state index contributed by atoms with van der Waals surface area (Å²) in [6, 6.07) is 8.12. The average molecular weight is 250 g/mol. The number of aromatic nitrogens is 2. The molecular weight excluding hydrogens is 234 g/mol. The first-order valence-electron chi connectivity index (χ1n) is 5.68. The smallest absolute Gasteiger partial charge is 0.137 e. The second kappa shape index (κ2) is 5.34.